The maximum absolute atomic E-state index is 12.2. The number of hydrogen-bond acceptors (Lipinski definition) is 3. The zero-order chi connectivity index (χ0) is 11.5. The summed E-state index contributed by atoms with van der Waals surface area (Å²) in [5, 5.41) is 0. The minimum Gasteiger partial charge on any atom is -0.374 e. The number of carbonyl (C=O) groups excluding carboxylic acids is 1. The first-order valence-corrected chi connectivity index (χ1v) is 6.36. The second-order valence-electron chi connectivity index (χ2n) is 4.93. The molecule has 0 spiro atoms. The first kappa shape index (κ1) is 11.9. The van der Waals surface area contributed by atoms with E-state index >= 15 is 0 Å². The lowest BCUT2D eigenvalue weighted by Gasteiger charge is -2.44. The summed E-state index contributed by atoms with van der Waals surface area (Å²) >= 11 is 0. The van der Waals surface area contributed by atoms with Gasteiger partial charge in [-0.1, -0.05) is 19.8 Å². The van der Waals surface area contributed by atoms with Crippen molar-refractivity contribution in [2.75, 3.05) is 19.7 Å². The van der Waals surface area contributed by atoms with E-state index in [-0.39, 0.29) is 17.9 Å². The molecular formula is C12H22N2O2. The Morgan fingerprint density at radius 2 is 2.25 bits per heavy atom. The van der Waals surface area contributed by atoms with Crippen LogP contribution in [-0.2, 0) is 9.53 Å². The van der Waals surface area contributed by atoms with Crippen molar-refractivity contribution >= 4 is 5.91 Å². The van der Waals surface area contributed by atoms with E-state index in [4.69, 9.17) is 10.5 Å². The number of hydrogen-bond donors (Lipinski definition) is 1. The van der Waals surface area contributed by atoms with E-state index in [2.05, 4.69) is 0 Å². The Kier molecular flexibility index (Phi) is 3.82. The lowest BCUT2D eigenvalue weighted by atomic mass is 9.89. The first-order valence-electron chi connectivity index (χ1n) is 6.36. The lowest BCUT2D eigenvalue weighted by molar-refractivity contribution is -0.152. The standard InChI is InChI=1S/C12H22N2O2/c1-9(8-13)12(15)14-6-7-16-11-5-3-2-4-10(11)14/h9-11H,2-8,13H2,1H3. The van der Waals surface area contributed by atoms with Crippen molar-refractivity contribution in [2.24, 2.45) is 11.7 Å². The summed E-state index contributed by atoms with van der Waals surface area (Å²) in [5.41, 5.74) is 5.57. The van der Waals surface area contributed by atoms with Crippen LogP contribution in [0.2, 0.25) is 0 Å². The largest absolute Gasteiger partial charge is 0.374 e. The predicted molar refractivity (Wildman–Crippen MR) is 61.9 cm³/mol. The molecule has 16 heavy (non-hydrogen) atoms. The fraction of sp³-hybridized carbons (Fsp3) is 0.917. The van der Waals surface area contributed by atoms with Crippen molar-refractivity contribution in [1.82, 2.24) is 4.90 Å². The topological polar surface area (TPSA) is 55.6 Å². The molecular weight excluding hydrogens is 204 g/mol. The minimum absolute atomic E-state index is 0.0549. The third-order valence-corrected chi connectivity index (χ3v) is 3.79. The van der Waals surface area contributed by atoms with E-state index in [1.54, 1.807) is 0 Å². The van der Waals surface area contributed by atoms with Gasteiger partial charge in [0.25, 0.3) is 0 Å². The van der Waals surface area contributed by atoms with Crippen LogP contribution < -0.4 is 5.73 Å². The van der Waals surface area contributed by atoms with Crippen LogP contribution in [0.25, 0.3) is 0 Å². The zero-order valence-corrected chi connectivity index (χ0v) is 10.0. The van der Waals surface area contributed by atoms with E-state index in [9.17, 15) is 4.79 Å². The third-order valence-electron chi connectivity index (χ3n) is 3.79. The number of rotatable bonds is 2. The molecule has 2 rings (SSSR count). The van der Waals surface area contributed by atoms with Crippen LogP contribution in [0.1, 0.15) is 32.6 Å². The summed E-state index contributed by atoms with van der Waals surface area (Å²) in [5.74, 6) is 0.156. The second-order valence-corrected chi connectivity index (χ2v) is 4.93. The fourth-order valence-corrected chi connectivity index (χ4v) is 2.75. The second kappa shape index (κ2) is 5.15. The van der Waals surface area contributed by atoms with Gasteiger partial charge in [-0.05, 0) is 12.8 Å². The van der Waals surface area contributed by atoms with Gasteiger partial charge in [0.05, 0.1) is 18.8 Å². The molecule has 2 N–H and O–H groups in total. The number of ether oxygens (including phenoxy) is 1. The third kappa shape index (κ3) is 2.23. The number of amides is 1. The number of fused-ring (bicyclic) bond motifs is 1. The van der Waals surface area contributed by atoms with Crippen molar-refractivity contribution < 1.29 is 9.53 Å². The van der Waals surface area contributed by atoms with Crippen LogP contribution in [0.4, 0.5) is 0 Å². The van der Waals surface area contributed by atoms with Gasteiger partial charge in [-0.15, -0.1) is 0 Å². The molecule has 0 radical (unpaired) electrons. The van der Waals surface area contributed by atoms with E-state index in [0.29, 0.717) is 19.2 Å². The molecule has 1 amide bonds. The Labute approximate surface area is 97.1 Å². The van der Waals surface area contributed by atoms with E-state index in [1.165, 1.54) is 12.8 Å². The summed E-state index contributed by atoms with van der Waals surface area (Å²) in [7, 11) is 0. The van der Waals surface area contributed by atoms with Crippen LogP contribution in [-0.4, -0.2) is 42.6 Å². The monoisotopic (exact) mass is 226 g/mol. The maximum Gasteiger partial charge on any atom is 0.227 e. The highest BCUT2D eigenvalue weighted by Crippen LogP contribution is 2.29. The molecule has 1 heterocycles. The molecule has 1 aliphatic heterocycles. The van der Waals surface area contributed by atoms with Crippen molar-refractivity contribution in [3.8, 4) is 0 Å². The molecule has 4 nitrogen and oxygen atoms in total. The summed E-state index contributed by atoms with van der Waals surface area (Å²) in [6, 6.07) is 0.309. The molecule has 1 saturated carbocycles. The molecule has 3 atom stereocenters. The predicted octanol–water partition coefficient (Wildman–Crippen LogP) is 0.751. The van der Waals surface area contributed by atoms with E-state index in [1.807, 2.05) is 11.8 Å². The fourth-order valence-electron chi connectivity index (χ4n) is 2.75. The van der Waals surface area contributed by atoms with Gasteiger partial charge in [0.1, 0.15) is 0 Å². The van der Waals surface area contributed by atoms with Crippen molar-refractivity contribution in [2.45, 2.75) is 44.8 Å². The highest BCUT2D eigenvalue weighted by atomic mass is 16.5. The smallest absolute Gasteiger partial charge is 0.227 e. The molecule has 1 saturated heterocycles. The summed E-state index contributed by atoms with van der Waals surface area (Å²) < 4.78 is 5.75. The Bertz CT molecular complexity index is 255. The lowest BCUT2D eigenvalue weighted by Crippen LogP contribution is -2.56. The Morgan fingerprint density at radius 3 is 3.00 bits per heavy atom. The van der Waals surface area contributed by atoms with Gasteiger partial charge in [-0.25, -0.2) is 0 Å². The van der Waals surface area contributed by atoms with Gasteiger partial charge in [-0.2, -0.15) is 0 Å². The Hall–Kier alpha value is -0.610. The number of morpholine rings is 1. The molecule has 2 aliphatic rings. The highest BCUT2D eigenvalue weighted by Gasteiger charge is 2.37. The van der Waals surface area contributed by atoms with Gasteiger partial charge in [-0.3, -0.25) is 4.79 Å². The van der Waals surface area contributed by atoms with Gasteiger partial charge in [0.2, 0.25) is 5.91 Å². The normalized spacial score (nSPS) is 32.0. The molecule has 0 bridgehead atoms. The molecule has 4 heteroatoms. The minimum atomic E-state index is -0.0549. The van der Waals surface area contributed by atoms with Gasteiger partial charge in [0.15, 0.2) is 0 Å². The SMILES string of the molecule is CC(CN)C(=O)N1CCOC2CCCCC21. The quantitative estimate of drug-likeness (QED) is 0.756. The molecule has 0 aromatic rings. The number of nitrogens with two attached hydrogens (primary N) is 1. The highest BCUT2D eigenvalue weighted by molar-refractivity contribution is 5.79. The summed E-state index contributed by atoms with van der Waals surface area (Å²) in [6.07, 6.45) is 4.91. The van der Waals surface area contributed by atoms with Crippen molar-refractivity contribution in [1.29, 1.82) is 0 Å². The zero-order valence-electron chi connectivity index (χ0n) is 10.0. The van der Waals surface area contributed by atoms with Gasteiger partial charge < -0.3 is 15.4 Å². The average Bonchev–Trinajstić information content (AvgIpc) is 2.36. The molecule has 3 unspecified atom stereocenters. The Balaban J connectivity index is 2.04. The van der Waals surface area contributed by atoms with Crippen molar-refractivity contribution in [3.63, 3.8) is 0 Å². The maximum atomic E-state index is 12.2. The van der Waals surface area contributed by atoms with Crippen molar-refractivity contribution in [3.05, 3.63) is 0 Å². The van der Waals surface area contributed by atoms with E-state index in [0.717, 1.165) is 19.4 Å². The summed E-state index contributed by atoms with van der Waals surface area (Å²) in [4.78, 5) is 14.2. The molecule has 92 valence electrons. The van der Waals surface area contributed by atoms with E-state index < -0.39 is 0 Å². The van der Waals surface area contributed by atoms with Gasteiger partial charge in [0, 0.05) is 19.0 Å². The average molecular weight is 226 g/mol. The van der Waals surface area contributed by atoms with Crippen LogP contribution in [0.15, 0.2) is 0 Å². The molecule has 0 aromatic heterocycles. The number of nitrogens with zero attached hydrogens (tertiary/aromatic N) is 1. The summed E-state index contributed by atoms with van der Waals surface area (Å²) in [6.45, 7) is 3.78. The van der Waals surface area contributed by atoms with Crippen LogP contribution in [0, 0.1) is 5.92 Å². The van der Waals surface area contributed by atoms with Gasteiger partial charge >= 0.3 is 0 Å². The molecule has 0 aromatic carbocycles. The van der Waals surface area contributed by atoms with Crippen LogP contribution in [0.5, 0.6) is 0 Å². The molecule has 1 aliphatic carbocycles. The van der Waals surface area contributed by atoms with Crippen LogP contribution in [0.3, 0.4) is 0 Å². The molecule has 2 fully saturated rings. The first-order chi connectivity index (χ1) is 7.74. The Morgan fingerprint density at radius 1 is 1.50 bits per heavy atom. The van der Waals surface area contributed by atoms with Crippen LogP contribution >= 0.6 is 0 Å². The number of carbonyl (C=O) groups is 1.